The van der Waals surface area contributed by atoms with Gasteiger partial charge in [0.05, 0.1) is 0 Å². The van der Waals surface area contributed by atoms with Gasteiger partial charge in [0, 0.05) is 23.5 Å². The zero-order valence-electron chi connectivity index (χ0n) is 7.90. The monoisotopic (exact) mass is 253 g/mol. The Kier molecular flexibility index (Phi) is 7.20. The second-order valence-corrected chi connectivity index (χ2v) is 4.21. The molecule has 0 fully saturated rings. The van der Waals surface area contributed by atoms with Gasteiger partial charge in [-0.05, 0) is 18.4 Å². The first-order chi connectivity index (χ1) is 5.61. The van der Waals surface area contributed by atoms with Crippen molar-refractivity contribution in [3.05, 3.63) is 11.1 Å². The Balaban J connectivity index is 3.73. The highest BCUT2D eigenvalue weighted by Crippen LogP contribution is 2.05. The summed E-state index contributed by atoms with van der Waals surface area (Å²) in [6.45, 7) is 7.31. The molecule has 0 aliphatic carbocycles. The van der Waals surface area contributed by atoms with Crippen LogP contribution in [0.4, 0.5) is 0 Å². The molecule has 0 aromatic rings. The molecule has 1 N–H and O–H groups in total. The molecule has 1 atom stereocenters. The smallest absolute Gasteiger partial charge is 0.0190 e. The predicted octanol–water partition coefficient (Wildman–Crippen LogP) is 3.14. The molecule has 0 saturated heterocycles. The average Bonchev–Trinajstić information content (AvgIpc) is 2.04. The van der Waals surface area contributed by atoms with E-state index < -0.39 is 0 Å². The van der Waals surface area contributed by atoms with Crippen LogP contribution in [0.2, 0.25) is 0 Å². The Morgan fingerprint density at radius 2 is 2.17 bits per heavy atom. The van der Waals surface area contributed by atoms with Crippen molar-refractivity contribution < 1.29 is 0 Å². The molecule has 0 radical (unpaired) electrons. The second kappa shape index (κ2) is 6.93. The van der Waals surface area contributed by atoms with E-state index in [1.54, 1.807) is 5.54 Å². The van der Waals surface area contributed by atoms with E-state index in [-0.39, 0.29) is 0 Å². The highest BCUT2D eigenvalue weighted by Gasteiger charge is 2.09. The van der Waals surface area contributed by atoms with Gasteiger partial charge in [0.25, 0.3) is 0 Å². The van der Waals surface area contributed by atoms with Crippen molar-refractivity contribution in [3.63, 3.8) is 0 Å². The maximum Gasteiger partial charge on any atom is 0.0190 e. The Hall–Kier alpha value is 0.470. The van der Waals surface area contributed by atoms with Crippen molar-refractivity contribution >= 4 is 27.5 Å². The summed E-state index contributed by atoms with van der Waals surface area (Å²) in [6.07, 6.45) is 0. The van der Waals surface area contributed by atoms with Gasteiger partial charge in [-0.3, -0.25) is 0 Å². The zero-order chi connectivity index (χ0) is 9.56. The molecule has 72 valence electrons. The first kappa shape index (κ1) is 12.5. The largest absolute Gasteiger partial charge is 0.309 e. The molecule has 0 aliphatic rings. The van der Waals surface area contributed by atoms with Crippen LogP contribution < -0.4 is 5.32 Å². The minimum atomic E-state index is 0.525. The predicted molar refractivity (Wildman–Crippen MR) is 60.0 cm³/mol. The van der Waals surface area contributed by atoms with E-state index in [1.807, 2.05) is 6.92 Å². The van der Waals surface area contributed by atoms with Crippen molar-refractivity contribution in [2.75, 3.05) is 11.9 Å². The maximum absolute atomic E-state index is 5.54. The van der Waals surface area contributed by atoms with Gasteiger partial charge >= 0.3 is 0 Å². The average molecular weight is 255 g/mol. The van der Waals surface area contributed by atoms with E-state index >= 15 is 0 Å². The lowest BCUT2D eigenvalue weighted by Gasteiger charge is -2.19. The molecular formula is C9H17BrClN. The van der Waals surface area contributed by atoms with Gasteiger partial charge in [0.2, 0.25) is 0 Å². The second-order valence-electron chi connectivity index (χ2n) is 3.34. The Morgan fingerprint density at radius 1 is 1.58 bits per heavy atom. The van der Waals surface area contributed by atoms with E-state index in [2.05, 4.69) is 35.1 Å². The van der Waals surface area contributed by atoms with E-state index in [0.29, 0.717) is 12.0 Å². The third kappa shape index (κ3) is 5.18. The Labute approximate surface area is 88.7 Å². The number of alkyl halides is 1. The van der Waals surface area contributed by atoms with E-state index in [0.717, 1.165) is 11.9 Å². The van der Waals surface area contributed by atoms with Crippen LogP contribution in [0.3, 0.4) is 0 Å². The van der Waals surface area contributed by atoms with Crippen LogP contribution in [0.15, 0.2) is 11.1 Å². The molecule has 0 bridgehead atoms. The number of hydrogen-bond acceptors (Lipinski definition) is 1. The zero-order valence-corrected chi connectivity index (χ0v) is 10.2. The van der Waals surface area contributed by atoms with Gasteiger partial charge in [-0.2, -0.15) is 0 Å². The molecular weight excluding hydrogens is 237 g/mol. The molecule has 0 aromatic carbocycles. The molecule has 0 aromatic heterocycles. The highest BCUT2D eigenvalue weighted by atomic mass is 79.9. The summed E-state index contributed by atoms with van der Waals surface area (Å²) >= 11 is 9.02. The van der Waals surface area contributed by atoms with Crippen molar-refractivity contribution in [1.82, 2.24) is 5.32 Å². The van der Waals surface area contributed by atoms with Gasteiger partial charge in [0.1, 0.15) is 0 Å². The minimum Gasteiger partial charge on any atom is -0.309 e. The summed E-state index contributed by atoms with van der Waals surface area (Å²) in [5, 5.41) is 4.41. The molecule has 0 heterocycles. The van der Waals surface area contributed by atoms with Crippen LogP contribution >= 0.6 is 27.5 Å². The molecule has 0 amide bonds. The summed E-state index contributed by atoms with van der Waals surface area (Å²) in [5.41, 5.74) is 2.79. The summed E-state index contributed by atoms with van der Waals surface area (Å²) < 4.78 is 0. The normalized spacial score (nSPS) is 15.3. The standard InChI is InChI=1S/C9H17BrClN/c1-7(2)9(4-10)12-6-8(3)5-11/h5,7,9,12H,4,6H2,1-3H3. The van der Waals surface area contributed by atoms with Gasteiger partial charge in [-0.25, -0.2) is 0 Å². The molecule has 0 saturated carbocycles. The van der Waals surface area contributed by atoms with Crippen molar-refractivity contribution in [2.24, 2.45) is 5.92 Å². The van der Waals surface area contributed by atoms with E-state index in [4.69, 9.17) is 11.6 Å². The fourth-order valence-electron chi connectivity index (χ4n) is 0.799. The molecule has 0 rings (SSSR count). The van der Waals surface area contributed by atoms with E-state index in [9.17, 15) is 0 Å². The summed E-state index contributed by atoms with van der Waals surface area (Å²) in [7, 11) is 0. The maximum atomic E-state index is 5.54. The van der Waals surface area contributed by atoms with Gasteiger partial charge < -0.3 is 5.32 Å². The molecule has 0 aliphatic heterocycles. The van der Waals surface area contributed by atoms with Crippen molar-refractivity contribution in [3.8, 4) is 0 Å². The van der Waals surface area contributed by atoms with E-state index in [1.165, 1.54) is 5.57 Å². The molecule has 0 spiro atoms. The van der Waals surface area contributed by atoms with Gasteiger partial charge in [0.15, 0.2) is 0 Å². The topological polar surface area (TPSA) is 12.0 Å². The highest BCUT2D eigenvalue weighted by molar-refractivity contribution is 9.09. The first-order valence-electron chi connectivity index (χ1n) is 4.17. The summed E-state index contributed by atoms with van der Waals surface area (Å²) in [5.74, 6) is 0.646. The third-order valence-electron chi connectivity index (χ3n) is 1.80. The SMILES string of the molecule is CC(=CCl)CNC(CBr)C(C)C. The Bertz CT molecular complexity index is 145. The van der Waals surface area contributed by atoms with Gasteiger partial charge in [-0.15, -0.1) is 0 Å². The number of halogens is 2. The van der Waals surface area contributed by atoms with Crippen LogP contribution in [0.1, 0.15) is 20.8 Å². The fraction of sp³-hybridized carbons (Fsp3) is 0.778. The van der Waals surface area contributed by atoms with Crippen LogP contribution in [-0.2, 0) is 0 Å². The quantitative estimate of drug-likeness (QED) is 0.743. The fourth-order valence-corrected chi connectivity index (χ4v) is 1.85. The number of nitrogens with one attached hydrogen (secondary N) is 1. The number of hydrogen-bond donors (Lipinski definition) is 1. The van der Waals surface area contributed by atoms with Crippen molar-refractivity contribution in [2.45, 2.75) is 26.8 Å². The third-order valence-corrected chi connectivity index (χ3v) is 2.87. The van der Waals surface area contributed by atoms with Crippen LogP contribution in [0, 0.1) is 5.92 Å². The Morgan fingerprint density at radius 3 is 2.50 bits per heavy atom. The summed E-state index contributed by atoms with van der Waals surface area (Å²) in [4.78, 5) is 0. The van der Waals surface area contributed by atoms with Crippen LogP contribution in [-0.4, -0.2) is 17.9 Å². The van der Waals surface area contributed by atoms with Crippen LogP contribution in [0.5, 0.6) is 0 Å². The lowest BCUT2D eigenvalue weighted by atomic mass is 10.1. The first-order valence-corrected chi connectivity index (χ1v) is 5.72. The molecule has 3 heteroatoms. The molecule has 1 nitrogen and oxygen atoms in total. The lowest BCUT2D eigenvalue weighted by molar-refractivity contribution is 0.449. The van der Waals surface area contributed by atoms with Crippen molar-refractivity contribution in [1.29, 1.82) is 0 Å². The van der Waals surface area contributed by atoms with Gasteiger partial charge in [-0.1, -0.05) is 41.4 Å². The number of rotatable bonds is 5. The minimum absolute atomic E-state index is 0.525. The summed E-state index contributed by atoms with van der Waals surface area (Å²) in [6, 6.07) is 0.525. The molecule has 12 heavy (non-hydrogen) atoms. The lowest BCUT2D eigenvalue weighted by Crippen LogP contribution is -2.36. The molecule has 1 unspecified atom stereocenters. The van der Waals surface area contributed by atoms with Crippen LogP contribution in [0.25, 0.3) is 0 Å².